The first-order chi connectivity index (χ1) is 9.96. The first-order valence-electron chi connectivity index (χ1n) is 7.49. The standard InChI is InChI=1S/C16H24F3NO/c1-3-10-20-15(8-9-16(17,18)19)13-6-5-7-14(12-13)21-11-4-2/h5-7,12,15,20H,3-4,8-11H2,1-2H3. The molecule has 0 fully saturated rings. The highest BCUT2D eigenvalue weighted by Crippen LogP contribution is 2.29. The molecule has 120 valence electrons. The van der Waals surface area contributed by atoms with E-state index in [1.807, 2.05) is 38.1 Å². The summed E-state index contributed by atoms with van der Waals surface area (Å²) in [5, 5.41) is 3.19. The predicted molar refractivity (Wildman–Crippen MR) is 78.6 cm³/mol. The number of rotatable bonds is 9. The smallest absolute Gasteiger partial charge is 0.389 e. The van der Waals surface area contributed by atoms with E-state index in [0.29, 0.717) is 18.9 Å². The summed E-state index contributed by atoms with van der Waals surface area (Å²) in [6.45, 7) is 5.31. The second-order valence-electron chi connectivity index (χ2n) is 5.08. The Balaban J connectivity index is 2.76. The van der Waals surface area contributed by atoms with Gasteiger partial charge in [0.2, 0.25) is 0 Å². The van der Waals surface area contributed by atoms with Gasteiger partial charge in [-0.05, 0) is 43.5 Å². The lowest BCUT2D eigenvalue weighted by atomic mass is 10.0. The maximum Gasteiger partial charge on any atom is 0.389 e. The van der Waals surface area contributed by atoms with Crippen LogP contribution in [0, 0.1) is 0 Å². The number of nitrogens with one attached hydrogen (secondary N) is 1. The van der Waals surface area contributed by atoms with Crippen molar-refractivity contribution in [3.63, 3.8) is 0 Å². The highest BCUT2D eigenvalue weighted by atomic mass is 19.4. The van der Waals surface area contributed by atoms with Gasteiger partial charge in [-0.2, -0.15) is 13.2 Å². The summed E-state index contributed by atoms with van der Waals surface area (Å²) in [6, 6.07) is 7.05. The minimum absolute atomic E-state index is 0.0424. The Morgan fingerprint density at radius 1 is 1.19 bits per heavy atom. The van der Waals surface area contributed by atoms with Crippen LogP contribution < -0.4 is 10.1 Å². The van der Waals surface area contributed by atoms with Crippen LogP contribution in [0.15, 0.2) is 24.3 Å². The molecule has 1 atom stereocenters. The second kappa shape index (κ2) is 8.93. The zero-order valence-electron chi connectivity index (χ0n) is 12.7. The van der Waals surface area contributed by atoms with Crippen LogP contribution in [0.2, 0.25) is 0 Å². The number of alkyl halides is 3. The second-order valence-corrected chi connectivity index (χ2v) is 5.08. The molecule has 2 nitrogen and oxygen atoms in total. The topological polar surface area (TPSA) is 21.3 Å². The molecule has 0 radical (unpaired) electrons. The largest absolute Gasteiger partial charge is 0.494 e. The molecule has 0 bridgehead atoms. The van der Waals surface area contributed by atoms with Gasteiger partial charge in [0.25, 0.3) is 0 Å². The van der Waals surface area contributed by atoms with Crippen molar-refractivity contribution in [3.8, 4) is 5.75 Å². The van der Waals surface area contributed by atoms with Crippen LogP contribution in [0.5, 0.6) is 5.75 Å². The number of ether oxygens (including phenoxy) is 1. The van der Waals surface area contributed by atoms with Gasteiger partial charge in [0.15, 0.2) is 0 Å². The van der Waals surface area contributed by atoms with Crippen LogP contribution >= 0.6 is 0 Å². The highest BCUT2D eigenvalue weighted by molar-refractivity contribution is 5.30. The van der Waals surface area contributed by atoms with Crippen LogP contribution in [0.4, 0.5) is 13.2 Å². The fourth-order valence-corrected chi connectivity index (χ4v) is 2.05. The summed E-state index contributed by atoms with van der Waals surface area (Å²) >= 11 is 0. The van der Waals surface area contributed by atoms with Crippen molar-refractivity contribution in [1.29, 1.82) is 0 Å². The maximum atomic E-state index is 12.4. The highest BCUT2D eigenvalue weighted by Gasteiger charge is 2.28. The molecule has 0 aromatic heterocycles. The first-order valence-corrected chi connectivity index (χ1v) is 7.49. The third-order valence-electron chi connectivity index (χ3n) is 3.09. The van der Waals surface area contributed by atoms with E-state index in [1.165, 1.54) is 0 Å². The normalized spacial score (nSPS) is 13.2. The van der Waals surface area contributed by atoms with Gasteiger partial charge in [-0.3, -0.25) is 0 Å². The van der Waals surface area contributed by atoms with Gasteiger partial charge in [-0.25, -0.2) is 0 Å². The fraction of sp³-hybridized carbons (Fsp3) is 0.625. The molecule has 1 aromatic rings. The van der Waals surface area contributed by atoms with E-state index in [9.17, 15) is 13.2 Å². The van der Waals surface area contributed by atoms with Crippen molar-refractivity contribution in [3.05, 3.63) is 29.8 Å². The van der Waals surface area contributed by atoms with Gasteiger partial charge >= 0.3 is 6.18 Å². The van der Waals surface area contributed by atoms with Crippen LogP contribution in [0.25, 0.3) is 0 Å². The molecule has 0 heterocycles. The molecule has 0 aliphatic carbocycles. The molecule has 1 rings (SSSR count). The van der Waals surface area contributed by atoms with Gasteiger partial charge in [-0.1, -0.05) is 26.0 Å². The first kappa shape index (κ1) is 17.8. The lowest BCUT2D eigenvalue weighted by Gasteiger charge is -2.20. The lowest BCUT2D eigenvalue weighted by Crippen LogP contribution is -2.24. The zero-order chi connectivity index (χ0) is 15.7. The minimum Gasteiger partial charge on any atom is -0.494 e. The molecule has 21 heavy (non-hydrogen) atoms. The van der Waals surface area contributed by atoms with E-state index in [-0.39, 0.29) is 12.5 Å². The summed E-state index contributed by atoms with van der Waals surface area (Å²) in [5.74, 6) is 0.713. The van der Waals surface area contributed by atoms with E-state index in [4.69, 9.17) is 4.74 Å². The van der Waals surface area contributed by atoms with Crippen LogP contribution in [0.3, 0.4) is 0 Å². The molecule has 1 aromatic carbocycles. The van der Waals surface area contributed by atoms with Crippen molar-refractivity contribution >= 4 is 0 Å². The molecule has 0 spiro atoms. The maximum absolute atomic E-state index is 12.4. The summed E-state index contributed by atoms with van der Waals surface area (Å²) in [5.41, 5.74) is 0.848. The van der Waals surface area contributed by atoms with Crippen molar-refractivity contribution < 1.29 is 17.9 Å². The number of hydrogen-bond donors (Lipinski definition) is 1. The number of benzene rings is 1. The van der Waals surface area contributed by atoms with Gasteiger partial charge in [0, 0.05) is 12.5 Å². The molecule has 0 saturated carbocycles. The number of halogens is 3. The number of hydrogen-bond acceptors (Lipinski definition) is 2. The third kappa shape index (κ3) is 7.37. The minimum atomic E-state index is -4.12. The molecule has 0 amide bonds. The Morgan fingerprint density at radius 3 is 2.57 bits per heavy atom. The molecular weight excluding hydrogens is 279 g/mol. The van der Waals surface area contributed by atoms with Crippen molar-refractivity contribution in [1.82, 2.24) is 5.32 Å². The molecule has 1 N–H and O–H groups in total. The SMILES string of the molecule is CCCNC(CCC(F)(F)F)c1cccc(OCCC)c1. The summed E-state index contributed by atoms with van der Waals surface area (Å²) in [4.78, 5) is 0. The van der Waals surface area contributed by atoms with E-state index in [2.05, 4.69) is 5.32 Å². The van der Waals surface area contributed by atoms with Gasteiger partial charge in [0.05, 0.1) is 6.61 Å². The van der Waals surface area contributed by atoms with Gasteiger partial charge in [-0.15, -0.1) is 0 Å². The Morgan fingerprint density at radius 2 is 1.95 bits per heavy atom. The third-order valence-corrected chi connectivity index (χ3v) is 3.09. The van der Waals surface area contributed by atoms with Crippen molar-refractivity contribution in [2.75, 3.05) is 13.2 Å². The Labute approximate surface area is 124 Å². The molecule has 0 saturated heterocycles. The lowest BCUT2D eigenvalue weighted by molar-refractivity contribution is -0.136. The molecule has 1 unspecified atom stereocenters. The summed E-state index contributed by atoms with van der Waals surface area (Å²) in [6.07, 6.45) is -3.08. The van der Waals surface area contributed by atoms with E-state index in [0.717, 1.165) is 18.4 Å². The average Bonchev–Trinajstić information content (AvgIpc) is 2.44. The van der Waals surface area contributed by atoms with Gasteiger partial charge in [0.1, 0.15) is 5.75 Å². The van der Waals surface area contributed by atoms with Crippen LogP contribution in [0.1, 0.15) is 51.1 Å². The van der Waals surface area contributed by atoms with Crippen LogP contribution in [-0.2, 0) is 0 Å². The predicted octanol–water partition coefficient (Wildman–Crippen LogP) is 4.86. The van der Waals surface area contributed by atoms with Crippen molar-refractivity contribution in [2.45, 2.75) is 51.7 Å². The zero-order valence-corrected chi connectivity index (χ0v) is 12.7. The monoisotopic (exact) mass is 303 g/mol. The molecule has 0 aliphatic heterocycles. The van der Waals surface area contributed by atoms with E-state index in [1.54, 1.807) is 0 Å². The van der Waals surface area contributed by atoms with Crippen molar-refractivity contribution in [2.24, 2.45) is 0 Å². The molecular formula is C16H24F3NO. The fourth-order valence-electron chi connectivity index (χ4n) is 2.05. The van der Waals surface area contributed by atoms with E-state index >= 15 is 0 Å². The quantitative estimate of drug-likeness (QED) is 0.703. The molecule has 5 heteroatoms. The van der Waals surface area contributed by atoms with Crippen LogP contribution in [-0.4, -0.2) is 19.3 Å². The average molecular weight is 303 g/mol. The Bertz CT molecular complexity index is 407. The van der Waals surface area contributed by atoms with Gasteiger partial charge < -0.3 is 10.1 Å². The summed E-state index contributed by atoms with van der Waals surface area (Å²) < 4.78 is 42.9. The Kier molecular flexibility index (Phi) is 7.57. The Hall–Kier alpha value is -1.23. The summed E-state index contributed by atoms with van der Waals surface area (Å²) in [7, 11) is 0. The molecule has 0 aliphatic rings. The van der Waals surface area contributed by atoms with E-state index < -0.39 is 12.6 Å².